The molecule has 0 spiro atoms. The fraction of sp³-hybridized carbons (Fsp3) is 0.879. The molecule has 30 atom stereocenters. The molecule has 0 radical (unpaired) electrons. The highest BCUT2D eigenvalue weighted by atomic mass is 16.8. The van der Waals surface area contributed by atoms with Gasteiger partial charge in [-0.1, -0.05) is 77.4 Å². The molecular formula is C66H113N5O30. The van der Waals surface area contributed by atoms with Crippen LogP contribution in [0, 0.1) is 5.92 Å². The molecule has 0 bridgehead atoms. The van der Waals surface area contributed by atoms with E-state index < -0.39 is 252 Å². The predicted octanol–water partition coefficient (Wildman–Crippen LogP) is -4.45. The molecule has 0 aromatic carbocycles. The zero-order valence-electron chi connectivity index (χ0n) is 58.8. The summed E-state index contributed by atoms with van der Waals surface area (Å²) >= 11 is 0. The van der Waals surface area contributed by atoms with Crippen LogP contribution in [0.2, 0.25) is 0 Å². The number of carbonyl (C=O) groups excluding carboxylic acids is 6. The Hall–Kier alpha value is -4.36. The van der Waals surface area contributed by atoms with Crippen molar-refractivity contribution in [3.05, 3.63) is 12.2 Å². The van der Waals surface area contributed by atoms with Crippen molar-refractivity contribution in [2.24, 2.45) is 5.92 Å². The van der Waals surface area contributed by atoms with Crippen LogP contribution in [0.5, 0.6) is 0 Å². The fourth-order valence-corrected chi connectivity index (χ4v) is 13.7. The number of allylic oxidation sites excluding steroid dienone is 2. The topological polar surface area (TPSA) is 516 Å². The van der Waals surface area contributed by atoms with Gasteiger partial charge in [-0.05, 0) is 44.4 Å². The lowest BCUT2D eigenvalue weighted by molar-refractivity contribution is -0.367. The first-order valence-electron chi connectivity index (χ1n) is 35.2. The molecule has 35 heteroatoms. The Labute approximate surface area is 587 Å². The zero-order chi connectivity index (χ0) is 74.4. The first-order valence-corrected chi connectivity index (χ1v) is 35.2. The summed E-state index contributed by atoms with van der Waals surface area (Å²) in [7, 11) is 1.29. The molecule has 582 valence electrons. The minimum Gasteiger partial charge on any atom is -0.463 e. The van der Waals surface area contributed by atoms with Crippen LogP contribution in [-0.4, -0.2) is 315 Å². The van der Waals surface area contributed by atoms with E-state index in [2.05, 4.69) is 45.7 Å². The Morgan fingerprint density at radius 1 is 0.426 bits per heavy atom. The molecule has 101 heavy (non-hydrogen) atoms. The minimum absolute atomic E-state index is 0.000722. The summed E-state index contributed by atoms with van der Waals surface area (Å²) in [6, 6.07) is -8.36. The van der Waals surface area contributed by atoms with Crippen LogP contribution in [-0.2, 0) is 85.6 Å². The minimum atomic E-state index is -2.05. The highest BCUT2D eigenvalue weighted by Crippen LogP contribution is 2.38. The average molecular weight is 1460 g/mol. The normalized spacial score (nSPS) is 39.0. The molecule has 0 aromatic heterocycles. The van der Waals surface area contributed by atoms with Gasteiger partial charge in [-0.15, -0.1) is 0 Å². The lowest BCUT2D eigenvalue weighted by atomic mass is 9.81. The summed E-state index contributed by atoms with van der Waals surface area (Å²) < 4.78 is 72.2. The first kappa shape index (κ1) is 85.6. The van der Waals surface area contributed by atoms with E-state index >= 15 is 0 Å². The van der Waals surface area contributed by atoms with E-state index in [1.807, 2.05) is 0 Å². The molecule has 5 heterocycles. The molecule has 5 aliphatic heterocycles. The molecular weight excluding hydrogens is 1340 g/mol. The maximum Gasteiger partial charge on any atom is 0.302 e. The van der Waals surface area contributed by atoms with Crippen LogP contribution >= 0.6 is 0 Å². The van der Waals surface area contributed by atoms with Crippen LogP contribution in [0.3, 0.4) is 0 Å². The Morgan fingerprint density at radius 3 is 1.23 bits per heavy atom. The molecule has 17 N–H and O–H groups in total. The number of unbranched alkanes of at least 4 members (excludes halogenated alkanes) is 11. The third-order valence-corrected chi connectivity index (χ3v) is 19.0. The first-order chi connectivity index (χ1) is 48.1. The summed E-state index contributed by atoms with van der Waals surface area (Å²) in [6.07, 6.45) is -22.6. The smallest absolute Gasteiger partial charge is 0.302 e. The Kier molecular flexibility index (Phi) is 35.7. The summed E-state index contributed by atoms with van der Waals surface area (Å²) in [5.74, 6) is -4.96. The van der Waals surface area contributed by atoms with Crippen LogP contribution in [0.25, 0.3) is 0 Å². The quantitative estimate of drug-likeness (QED) is 0.0158. The van der Waals surface area contributed by atoms with Crippen LogP contribution < -0.4 is 26.6 Å². The molecule has 1 aliphatic carbocycles. The second kappa shape index (κ2) is 42.1. The average Bonchev–Trinajstić information content (AvgIpc) is 0.772. The van der Waals surface area contributed by atoms with Gasteiger partial charge in [-0.2, -0.15) is 0 Å². The molecule has 18 unspecified atom stereocenters. The van der Waals surface area contributed by atoms with Crippen LogP contribution in [0.1, 0.15) is 145 Å². The Balaban J connectivity index is 1.17. The Bertz CT molecular complexity index is 2570. The fourth-order valence-electron chi connectivity index (χ4n) is 13.7. The van der Waals surface area contributed by atoms with Crippen molar-refractivity contribution in [3.63, 3.8) is 0 Å². The number of aliphatic hydroxyl groups is 12. The number of esters is 1. The summed E-state index contributed by atoms with van der Waals surface area (Å²) in [5.41, 5.74) is 0. The molecule has 1 saturated carbocycles. The number of hydrogen-bond acceptors (Lipinski definition) is 30. The molecule has 5 saturated heterocycles. The SMILES string of the molecule is CCCCCC/C=C\CCCCCCCCCC(=O)NC1C(O)[C@H](O)C(COC(C)=O)O[C@H]1O[C@@H]1C(CO)O[C@@H](O[C@@H]2C(CO)O[C@@H](O[C@@H]3C(CO)O[C@@H](O[C@@H]4C(CO[C@@H]5CC(C)[C@@H](O)C(O)C5OC)O[C@@H](O)C(NC(C)=O)C4O)C(NC(C)=O)C3O)C(NC(C)=O)C2O)C(NC(C)=O)C1O. The number of carbonyl (C=O) groups is 6. The number of ether oxygens (including phenoxy) is 12. The molecule has 0 aromatic rings. The van der Waals surface area contributed by atoms with Gasteiger partial charge in [-0.25, -0.2) is 0 Å². The monoisotopic (exact) mass is 1460 g/mol. The van der Waals surface area contributed by atoms with Gasteiger partial charge in [0.15, 0.2) is 31.5 Å². The lowest BCUT2D eigenvalue weighted by Gasteiger charge is -2.51. The van der Waals surface area contributed by atoms with Gasteiger partial charge in [0.2, 0.25) is 29.5 Å². The zero-order valence-corrected chi connectivity index (χ0v) is 58.8. The van der Waals surface area contributed by atoms with Crippen molar-refractivity contribution >= 4 is 35.5 Å². The second-order valence-corrected chi connectivity index (χ2v) is 27.0. The van der Waals surface area contributed by atoms with E-state index in [1.165, 1.54) is 32.8 Å². The summed E-state index contributed by atoms with van der Waals surface area (Å²) in [5, 5.41) is 149. The summed E-state index contributed by atoms with van der Waals surface area (Å²) in [4.78, 5) is 76.7. The number of rotatable bonds is 37. The lowest BCUT2D eigenvalue weighted by Crippen LogP contribution is -2.72. The Morgan fingerprint density at radius 2 is 0.812 bits per heavy atom. The van der Waals surface area contributed by atoms with Crippen LogP contribution in [0.4, 0.5) is 0 Å². The standard InChI is InChI=1S/C66H113N5O30/c1-9-10-11-12-13-14-15-16-17-18-19-20-21-22-23-24-43(80)71-45-51(83)50(82)41(29-91-36(7)79)97-63(45)98-58-38(26-72)94-64(46(53(58)85)68-33(4)76)99-59-39(27-73)95-65(47(54(59)86)69-34(5)77)100-60-40(28-74)96-66(48(55(60)87)70-35(6)78)101-61-42(93-62(89)44(52(61)84)67-32(3)75)30-92-37-25-31(2)49(81)56(88)57(37)90-8/h14-15,31,37-42,44-66,72-74,81-89H,9-13,16-30H2,1-8H3,(H,67,75)(H,68,76)(H,69,77)(H,70,78)(H,71,80)/b15-14-/t31?,37-,38?,39?,40?,41?,42?,44?,45?,46?,47?,48?,49-,50-,51?,52?,53?,54?,55?,56?,57?,58-,59-,60-,61-,62-,63+,64+,65+,66+/m1/s1. The van der Waals surface area contributed by atoms with Crippen molar-refractivity contribution in [1.29, 1.82) is 0 Å². The molecule has 5 amide bonds. The highest BCUT2D eigenvalue weighted by Gasteiger charge is 2.58. The maximum absolute atomic E-state index is 13.6. The number of amides is 5. The van der Waals surface area contributed by atoms with Gasteiger partial charge in [0.25, 0.3) is 0 Å². The third kappa shape index (κ3) is 24.1. The number of hydrogen-bond donors (Lipinski definition) is 17. The summed E-state index contributed by atoms with van der Waals surface area (Å²) in [6.45, 7) is 5.06. The van der Waals surface area contributed by atoms with Gasteiger partial charge in [0, 0.05) is 48.1 Å². The van der Waals surface area contributed by atoms with Crippen molar-refractivity contribution in [3.8, 4) is 0 Å². The molecule has 35 nitrogen and oxygen atoms in total. The van der Waals surface area contributed by atoms with Gasteiger partial charge in [-0.3, -0.25) is 28.8 Å². The molecule has 6 rings (SSSR count). The van der Waals surface area contributed by atoms with Crippen molar-refractivity contribution in [2.75, 3.05) is 40.1 Å². The van der Waals surface area contributed by atoms with E-state index in [0.717, 1.165) is 86.0 Å². The van der Waals surface area contributed by atoms with Crippen molar-refractivity contribution in [1.82, 2.24) is 26.6 Å². The molecule has 6 fully saturated rings. The number of aliphatic hydroxyl groups excluding tert-OH is 12. The van der Waals surface area contributed by atoms with E-state index in [9.17, 15) is 90.0 Å². The van der Waals surface area contributed by atoms with Gasteiger partial charge in [0.1, 0.15) is 141 Å². The molecule has 6 aliphatic rings. The van der Waals surface area contributed by atoms with E-state index in [0.29, 0.717) is 6.42 Å². The number of nitrogens with one attached hydrogen (secondary N) is 5. The van der Waals surface area contributed by atoms with E-state index in [4.69, 9.17) is 56.8 Å². The largest absolute Gasteiger partial charge is 0.463 e. The highest BCUT2D eigenvalue weighted by molar-refractivity contribution is 5.76. The number of methoxy groups -OCH3 is 1. The van der Waals surface area contributed by atoms with E-state index in [-0.39, 0.29) is 12.8 Å². The third-order valence-electron chi connectivity index (χ3n) is 19.0. The van der Waals surface area contributed by atoms with Gasteiger partial charge >= 0.3 is 5.97 Å². The van der Waals surface area contributed by atoms with Crippen molar-refractivity contribution in [2.45, 2.75) is 322 Å². The van der Waals surface area contributed by atoms with Gasteiger partial charge in [0.05, 0.1) is 38.6 Å². The second-order valence-electron chi connectivity index (χ2n) is 27.0. The maximum atomic E-state index is 13.6. The van der Waals surface area contributed by atoms with E-state index in [1.54, 1.807) is 6.92 Å². The van der Waals surface area contributed by atoms with Gasteiger partial charge < -0.3 is 145 Å². The van der Waals surface area contributed by atoms with Crippen LogP contribution in [0.15, 0.2) is 12.2 Å². The van der Waals surface area contributed by atoms with Crippen molar-refractivity contribution < 1.29 is 147 Å². The predicted molar refractivity (Wildman–Crippen MR) is 347 cm³/mol.